The van der Waals surface area contributed by atoms with E-state index in [9.17, 15) is 4.39 Å². The van der Waals surface area contributed by atoms with Crippen molar-refractivity contribution in [2.24, 2.45) is 7.05 Å². The monoisotopic (exact) mass is 212 g/mol. The molecule has 1 heterocycles. The Balaban J connectivity index is 2.61. The lowest BCUT2D eigenvalue weighted by Gasteiger charge is -2.02. The van der Waals surface area contributed by atoms with Crippen molar-refractivity contribution >= 4 is 21.7 Å². The number of pyridine rings is 1. The third kappa shape index (κ3) is 1.27. The minimum absolute atomic E-state index is 0.191. The van der Waals surface area contributed by atoms with Crippen LogP contribution < -0.4 is 4.57 Å². The number of aryl methyl sites for hydroxylation is 1. The molecule has 0 N–H and O–H groups in total. The van der Waals surface area contributed by atoms with E-state index in [-0.39, 0.29) is 5.82 Å². The van der Waals surface area contributed by atoms with Crippen LogP contribution in [0.4, 0.5) is 4.39 Å². The fourth-order valence-electron chi connectivity index (χ4n) is 2.16. The highest BCUT2D eigenvalue weighted by Crippen LogP contribution is 2.22. The summed E-state index contributed by atoms with van der Waals surface area (Å²) in [6.07, 6.45) is 2.07. The van der Waals surface area contributed by atoms with Crippen LogP contribution in [0.3, 0.4) is 0 Å². The summed E-state index contributed by atoms with van der Waals surface area (Å²) in [5, 5.41) is 3.18. The van der Waals surface area contributed by atoms with Gasteiger partial charge in [0, 0.05) is 16.8 Å². The van der Waals surface area contributed by atoms with Crippen LogP contribution in [0.1, 0.15) is 0 Å². The molecular formula is C14H11FN+. The van der Waals surface area contributed by atoms with Gasteiger partial charge in [0.25, 0.3) is 0 Å². The van der Waals surface area contributed by atoms with Crippen molar-refractivity contribution in [3.05, 3.63) is 54.5 Å². The van der Waals surface area contributed by atoms with Gasteiger partial charge in [0.05, 0.1) is 5.39 Å². The van der Waals surface area contributed by atoms with E-state index >= 15 is 0 Å². The number of halogens is 1. The molecule has 0 amide bonds. The predicted molar refractivity (Wildman–Crippen MR) is 62.6 cm³/mol. The van der Waals surface area contributed by atoms with E-state index in [0.29, 0.717) is 0 Å². The summed E-state index contributed by atoms with van der Waals surface area (Å²) in [4.78, 5) is 0. The van der Waals surface area contributed by atoms with Crippen molar-refractivity contribution in [2.45, 2.75) is 0 Å². The lowest BCUT2D eigenvalue weighted by molar-refractivity contribution is -0.643. The molecule has 3 rings (SSSR count). The third-order valence-electron chi connectivity index (χ3n) is 2.92. The molecule has 3 aromatic rings. The Morgan fingerprint density at radius 2 is 1.81 bits per heavy atom. The van der Waals surface area contributed by atoms with Gasteiger partial charge in [-0.1, -0.05) is 18.2 Å². The summed E-state index contributed by atoms with van der Waals surface area (Å²) in [6.45, 7) is 0. The number of nitrogens with zero attached hydrogens (tertiary/aromatic N) is 1. The quantitative estimate of drug-likeness (QED) is 0.398. The largest absolute Gasteiger partial charge is 0.213 e. The van der Waals surface area contributed by atoms with Gasteiger partial charge in [0.2, 0.25) is 5.52 Å². The number of rotatable bonds is 0. The number of aromatic nitrogens is 1. The second-order valence-electron chi connectivity index (χ2n) is 3.99. The van der Waals surface area contributed by atoms with Crippen molar-refractivity contribution in [1.29, 1.82) is 0 Å². The van der Waals surface area contributed by atoms with Crippen molar-refractivity contribution in [3.63, 3.8) is 0 Å². The maximum atomic E-state index is 13.3. The third-order valence-corrected chi connectivity index (χ3v) is 2.92. The number of benzene rings is 2. The van der Waals surface area contributed by atoms with E-state index in [1.807, 2.05) is 41.9 Å². The maximum absolute atomic E-state index is 13.3. The van der Waals surface area contributed by atoms with E-state index in [1.165, 1.54) is 6.07 Å². The van der Waals surface area contributed by atoms with Crippen molar-refractivity contribution < 1.29 is 8.96 Å². The summed E-state index contributed by atoms with van der Waals surface area (Å²) >= 11 is 0. The molecule has 0 bridgehead atoms. The standard InChI is InChI=1S/C14H11FN/c1-16-9-10-4-2-3-5-12(10)13-8-11(15)6-7-14(13)16/h2-9H,1H3/q+1. The molecule has 0 saturated carbocycles. The van der Waals surface area contributed by atoms with Gasteiger partial charge in [-0.2, -0.15) is 0 Å². The van der Waals surface area contributed by atoms with Crippen LogP contribution in [0.25, 0.3) is 21.7 Å². The zero-order chi connectivity index (χ0) is 11.1. The van der Waals surface area contributed by atoms with Crippen LogP contribution in [0.5, 0.6) is 0 Å². The average molecular weight is 212 g/mol. The zero-order valence-corrected chi connectivity index (χ0v) is 8.94. The van der Waals surface area contributed by atoms with Gasteiger partial charge in [-0.25, -0.2) is 8.96 Å². The molecule has 0 atom stereocenters. The molecule has 0 saturated heterocycles. The Hall–Kier alpha value is -1.96. The van der Waals surface area contributed by atoms with Gasteiger partial charge in [-0.05, 0) is 18.2 Å². The van der Waals surface area contributed by atoms with Crippen molar-refractivity contribution in [2.75, 3.05) is 0 Å². The van der Waals surface area contributed by atoms with E-state index in [1.54, 1.807) is 6.07 Å². The molecular weight excluding hydrogens is 201 g/mol. The molecule has 1 aromatic heterocycles. The van der Waals surface area contributed by atoms with Crippen LogP contribution >= 0.6 is 0 Å². The van der Waals surface area contributed by atoms with E-state index in [2.05, 4.69) is 6.20 Å². The molecule has 2 heteroatoms. The highest BCUT2D eigenvalue weighted by molar-refractivity contribution is 6.03. The van der Waals surface area contributed by atoms with E-state index < -0.39 is 0 Å². The Bertz CT molecular complexity index is 689. The van der Waals surface area contributed by atoms with Crippen LogP contribution in [-0.4, -0.2) is 0 Å². The summed E-state index contributed by atoms with van der Waals surface area (Å²) in [5.41, 5.74) is 1.04. The van der Waals surface area contributed by atoms with Crippen LogP contribution in [-0.2, 0) is 7.05 Å². The summed E-state index contributed by atoms with van der Waals surface area (Å²) in [7, 11) is 1.98. The molecule has 16 heavy (non-hydrogen) atoms. The fourth-order valence-corrected chi connectivity index (χ4v) is 2.16. The van der Waals surface area contributed by atoms with Gasteiger partial charge < -0.3 is 0 Å². The Kier molecular flexibility index (Phi) is 1.90. The number of fused-ring (bicyclic) bond motifs is 3. The van der Waals surface area contributed by atoms with E-state index in [0.717, 1.165) is 21.7 Å². The highest BCUT2D eigenvalue weighted by Gasteiger charge is 2.10. The molecule has 0 aliphatic carbocycles. The van der Waals surface area contributed by atoms with Crippen LogP contribution in [0.15, 0.2) is 48.7 Å². The predicted octanol–water partition coefficient (Wildman–Crippen LogP) is 2.96. The first-order chi connectivity index (χ1) is 7.75. The first-order valence-corrected chi connectivity index (χ1v) is 5.22. The van der Waals surface area contributed by atoms with Crippen LogP contribution in [0.2, 0.25) is 0 Å². The topological polar surface area (TPSA) is 3.88 Å². The Morgan fingerprint density at radius 1 is 1.00 bits per heavy atom. The molecule has 2 aromatic carbocycles. The molecule has 0 aliphatic heterocycles. The summed E-state index contributed by atoms with van der Waals surface area (Å²) in [6, 6.07) is 12.9. The van der Waals surface area contributed by atoms with E-state index in [4.69, 9.17) is 0 Å². The van der Waals surface area contributed by atoms with Gasteiger partial charge in [-0.15, -0.1) is 0 Å². The molecule has 78 valence electrons. The summed E-state index contributed by atoms with van der Waals surface area (Å²) < 4.78 is 15.3. The van der Waals surface area contributed by atoms with Gasteiger partial charge in [0.1, 0.15) is 12.9 Å². The second kappa shape index (κ2) is 3.27. The lowest BCUT2D eigenvalue weighted by Crippen LogP contribution is -2.28. The smallest absolute Gasteiger partial charge is 0.207 e. The first kappa shape index (κ1) is 9.28. The number of hydrogen-bond donors (Lipinski definition) is 0. The molecule has 0 aliphatic rings. The van der Waals surface area contributed by atoms with Gasteiger partial charge >= 0.3 is 0 Å². The Labute approximate surface area is 92.8 Å². The lowest BCUT2D eigenvalue weighted by atomic mass is 10.1. The molecule has 0 unspecified atom stereocenters. The average Bonchev–Trinajstić information content (AvgIpc) is 2.29. The minimum atomic E-state index is -0.191. The van der Waals surface area contributed by atoms with Gasteiger partial charge in [-0.3, -0.25) is 0 Å². The minimum Gasteiger partial charge on any atom is -0.207 e. The molecule has 0 fully saturated rings. The maximum Gasteiger partial charge on any atom is 0.213 e. The normalized spacial score (nSPS) is 11.1. The summed E-state index contributed by atoms with van der Waals surface area (Å²) in [5.74, 6) is -0.191. The van der Waals surface area contributed by atoms with Crippen LogP contribution in [0, 0.1) is 5.82 Å². The zero-order valence-electron chi connectivity index (χ0n) is 8.94. The van der Waals surface area contributed by atoms with Crippen molar-refractivity contribution in [3.8, 4) is 0 Å². The van der Waals surface area contributed by atoms with Gasteiger partial charge in [0.15, 0.2) is 6.20 Å². The molecule has 0 radical (unpaired) electrons. The first-order valence-electron chi connectivity index (χ1n) is 5.22. The SMILES string of the molecule is C[n+]1cc2ccccc2c2cc(F)ccc21. The number of hydrogen-bond acceptors (Lipinski definition) is 0. The molecule has 1 nitrogen and oxygen atoms in total. The molecule has 0 spiro atoms. The fraction of sp³-hybridized carbons (Fsp3) is 0.0714. The van der Waals surface area contributed by atoms with Crippen molar-refractivity contribution in [1.82, 2.24) is 0 Å². The Morgan fingerprint density at radius 3 is 2.69 bits per heavy atom. The highest BCUT2D eigenvalue weighted by atomic mass is 19.1. The second-order valence-corrected chi connectivity index (χ2v) is 3.99.